The van der Waals surface area contributed by atoms with Gasteiger partial charge < -0.3 is 30.2 Å². The lowest BCUT2D eigenvalue weighted by Crippen LogP contribution is -2.55. The Morgan fingerprint density at radius 3 is 2.83 bits per heavy atom. The number of carbonyl (C=O) groups is 1. The molecule has 1 amide bonds. The summed E-state index contributed by atoms with van der Waals surface area (Å²) < 4.78 is 11.0. The van der Waals surface area contributed by atoms with Crippen LogP contribution >= 0.6 is 0 Å². The van der Waals surface area contributed by atoms with E-state index in [0.29, 0.717) is 41.5 Å². The van der Waals surface area contributed by atoms with Crippen molar-refractivity contribution in [3.8, 4) is 17.2 Å². The molecule has 4 N–H and O–H groups in total. The van der Waals surface area contributed by atoms with Gasteiger partial charge in [0.2, 0.25) is 5.88 Å². The van der Waals surface area contributed by atoms with Crippen molar-refractivity contribution < 1.29 is 19.1 Å². The van der Waals surface area contributed by atoms with Crippen molar-refractivity contribution in [3.63, 3.8) is 0 Å². The molecule has 3 atom stereocenters. The predicted molar refractivity (Wildman–Crippen MR) is 131 cm³/mol. The summed E-state index contributed by atoms with van der Waals surface area (Å²) in [7, 11) is 1.56. The van der Waals surface area contributed by atoms with Gasteiger partial charge >= 0.3 is 0 Å². The summed E-state index contributed by atoms with van der Waals surface area (Å²) in [5.41, 5.74) is 9.60. The first-order valence-electron chi connectivity index (χ1n) is 11.3. The number of aromatic nitrogens is 3. The minimum Gasteiger partial charge on any atom is -0.481 e. The molecule has 4 aromatic heterocycles. The summed E-state index contributed by atoms with van der Waals surface area (Å²) >= 11 is 0. The fourth-order valence-corrected chi connectivity index (χ4v) is 4.30. The van der Waals surface area contributed by atoms with Gasteiger partial charge in [0.25, 0.3) is 5.91 Å². The quantitative estimate of drug-likeness (QED) is 0.398. The van der Waals surface area contributed by atoms with Gasteiger partial charge in [-0.1, -0.05) is 6.92 Å². The molecule has 3 unspecified atom stereocenters. The summed E-state index contributed by atoms with van der Waals surface area (Å²) in [6.45, 7) is 3.04. The van der Waals surface area contributed by atoms with Gasteiger partial charge in [0.05, 0.1) is 30.8 Å². The van der Waals surface area contributed by atoms with Crippen LogP contribution in [0.1, 0.15) is 17.4 Å². The van der Waals surface area contributed by atoms with Crippen LogP contribution < -0.4 is 20.7 Å². The molecule has 35 heavy (non-hydrogen) atoms. The predicted octanol–water partition coefficient (Wildman–Crippen LogP) is 2.69. The molecular weight excluding hydrogens is 448 g/mol. The minimum atomic E-state index is -0.560. The molecule has 10 heteroatoms. The molecule has 1 saturated heterocycles. The highest BCUT2D eigenvalue weighted by Crippen LogP contribution is 2.30. The van der Waals surface area contributed by atoms with E-state index < -0.39 is 6.10 Å². The van der Waals surface area contributed by atoms with Crippen LogP contribution in [0.5, 0.6) is 5.88 Å². The number of piperidine rings is 1. The maximum absolute atomic E-state index is 13.1. The first-order valence-corrected chi connectivity index (χ1v) is 11.3. The molecule has 5 heterocycles. The zero-order valence-electron chi connectivity index (χ0n) is 19.4. The number of nitrogens with two attached hydrogens (primary N) is 1. The topological polar surface area (TPSA) is 140 Å². The van der Waals surface area contributed by atoms with E-state index in [2.05, 4.69) is 25.2 Å². The van der Waals surface area contributed by atoms with E-state index in [4.69, 9.17) is 14.9 Å². The molecule has 0 aliphatic carbocycles. The van der Waals surface area contributed by atoms with Crippen LogP contribution in [0.2, 0.25) is 0 Å². The van der Waals surface area contributed by atoms with Crippen LogP contribution in [0.3, 0.4) is 0 Å². The van der Waals surface area contributed by atoms with E-state index in [0.717, 1.165) is 11.3 Å². The molecule has 0 radical (unpaired) electrons. The van der Waals surface area contributed by atoms with E-state index >= 15 is 0 Å². The lowest BCUT2D eigenvalue weighted by molar-refractivity contribution is 0.0785. The Labute approximate surface area is 201 Å². The number of nitrogens with one attached hydrogen (secondary N) is 1. The van der Waals surface area contributed by atoms with Crippen molar-refractivity contribution in [3.05, 3.63) is 60.7 Å². The number of nitrogens with zero attached hydrogens (tertiary/aromatic N) is 4. The summed E-state index contributed by atoms with van der Waals surface area (Å²) in [6, 6.07) is 10.1. The van der Waals surface area contributed by atoms with E-state index in [1.807, 2.05) is 19.1 Å². The third-order valence-electron chi connectivity index (χ3n) is 6.18. The zero-order valence-corrected chi connectivity index (χ0v) is 19.4. The Bertz CT molecular complexity index is 1340. The third-order valence-corrected chi connectivity index (χ3v) is 6.18. The maximum atomic E-state index is 13.1. The molecule has 180 valence electrons. The number of hydrogen-bond acceptors (Lipinski definition) is 9. The lowest BCUT2D eigenvalue weighted by atomic mass is 9.92. The number of pyridine rings is 3. The van der Waals surface area contributed by atoms with Crippen LogP contribution in [0, 0.1) is 5.92 Å². The smallest absolute Gasteiger partial charge is 0.274 e. The van der Waals surface area contributed by atoms with Crippen molar-refractivity contribution in [2.24, 2.45) is 11.7 Å². The molecule has 1 aliphatic rings. The van der Waals surface area contributed by atoms with Crippen molar-refractivity contribution >= 4 is 28.4 Å². The zero-order chi connectivity index (χ0) is 24.5. The van der Waals surface area contributed by atoms with Gasteiger partial charge in [-0.3, -0.25) is 9.78 Å². The van der Waals surface area contributed by atoms with E-state index in [1.54, 1.807) is 50.0 Å². The number of fused-ring (bicyclic) bond motifs is 1. The summed E-state index contributed by atoms with van der Waals surface area (Å²) in [5, 5.41) is 13.1. The highest BCUT2D eigenvalue weighted by Gasteiger charge is 2.32. The largest absolute Gasteiger partial charge is 0.481 e. The number of carbonyl (C=O) groups excluding carboxylic acids is 1. The Balaban J connectivity index is 1.37. The fourth-order valence-electron chi connectivity index (χ4n) is 4.30. The second-order valence-electron chi connectivity index (χ2n) is 8.66. The molecule has 10 nitrogen and oxygen atoms in total. The van der Waals surface area contributed by atoms with Gasteiger partial charge in [-0.15, -0.1) is 0 Å². The van der Waals surface area contributed by atoms with Crippen molar-refractivity contribution in [1.82, 2.24) is 15.0 Å². The number of rotatable bonds is 5. The molecule has 0 bridgehead atoms. The Morgan fingerprint density at radius 1 is 1.23 bits per heavy atom. The van der Waals surface area contributed by atoms with Crippen molar-refractivity contribution in [2.45, 2.75) is 19.1 Å². The first-order chi connectivity index (χ1) is 16.9. The van der Waals surface area contributed by atoms with E-state index in [1.165, 1.54) is 0 Å². The average Bonchev–Trinajstić information content (AvgIpc) is 3.31. The highest BCUT2D eigenvalue weighted by atomic mass is 16.5. The fraction of sp³-hybridized carbons (Fsp3) is 0.280. The summed E-state index contributed by atoms with van der Waals surface area (Å²) in [4.78, 5) is 28.0. The number of ether oxygens (including phenoxy) is 1. The van der Waals surface area contributed by atoms with Crippen LogP contribution in [0.4, 0.5) is 11.4 Å². The second kappa shape index (κ2) is 9.32. The molecular formula is C25H26N6O4. The molecule has 5 rings (SSSR count). The standard InChI is InChI=1S/C25H26N6O4/c1-14-12-31(13-16(26)24(14)32)20-7-8-27-11-19(20)30-25(33)17-4-5-21-18(29-17)9-22(35-21)15-3-6-23(34-2)28-10-15/h3-11,14,16,24,32H,12-13,26H2,1-2H3,(H,30,33). The number of anilines is 2. The van der Waals surface area contributed by atoms with Gasteiger partial charge in [0.15, 0.2) is 5.58 Å². The van der Waals surface area contributed by atoms with E-state index in [9.17, 15) is 9.90 Å². The number of methoxy groups -OCH3 is 1. The number of hydrogen-bond donors (Lipinski definition) is 3. The molecule has 1 fully saturated rings. The normalized spacial score (nSPS) is 20.1. The highest BCUT2D eigenvalue weighted by molar-refractivity contribution is 6.05. The van der Waals surface area contributed by atoms with E-state index in [-0.39, 0.29) is 23.6 Å². The first kappa shape index (κ1) is 22.8. The second-order valence-corrected chi connectivity index (χ2v) is 8.66. The van der Waals surface area contributed by atoms with Crippen molar-refractivity contribution in [1.29, 1.82) is 0 Å². The molecule has 4 aromatic rings. The third kappa shape index (κ3) is 4.53. The summed E-state index contributed by atoms with van der Waals surface area (Å²) in [5.74, 6) is 0.724. The monoisotopic (exact) mass is 474 g/mol. The molecule has 0 saturated carbocycles. The van der Waals surface area contributed by atoms with Gasteiger partial charge in [-0.2, -0.15) is 0 Å². The van der Waals surface area contributed by atoms with Crippen molar-refractivity contribution in [2.75, 3.05) is 30.4 Å². The molecule has 0 spiro atoms. The molecule has 0 aromatic carbocycles. The molecule has 1 aliphatic heterocycles. The van der Waals surface area contributed by atoms with Crippen LogP contribution in [-0.2, 0) is 0 Å². The number of amides is 1. The maximum Gasteiger partial charge on any atom is 0.274 e. The van der Waals surface area contributed by atoms with Gasteiger partial charge in [0, 0.05) is 55.1 Å². The minimum absolute atomic E-state index is 0.00395. The number of aliphatic hydroxyl groups is 1. The van der Waals surface area contributed by atoms with Gasteiger partial charge in [0.1, 0.15) is 17.0 Å². The number of furan rings is 1. The SMILES string of the molecule is COc1ccc(-c2cc3nc(C(=O)Nc4cnccc4N4CC(C)C(O)C(N)C4)ccc3o2)cn1. The number of aliphatic hydroxyl groups excluding tert-OH is 1. The van der Waals surface area contributed by atoms with Crippen LogP contribution in [0.25, 0.3) is 22.4 Å². The van der Waals surface area contributed by atoms with Crippen LogP contribution in [-0.4, -0.2) is 58.3 Å². The Hall–Kier alpha value is -4.02. The Morgan fingerprint density at radius 2 is 2.09 bits per heavy atom. The van der Waals surface area contributed by atoms with Gasteiger partial charge in [-0.05, 0) is 24.3 Å². The lowest BCUT2D eigenvalue weighted by Gasteiger charge is -2.40. The summed E-state index contributed by atoms with van der Waals surface area (Å²) in [6.07, 6.45) is 4.35. The average molecular weight is 475 g/mol. The Kier molecular flexibility index (Phi) is 6.06. The van der Waals surface area contributed by atoms with Crippen LogP contribution in [0.15, 0.2) is 59.4 Å². The van der Waals surface area contributed by atoms with Gasteiger partial charge in [-0.25, -0.2) is 9.97 Å².